The molecule has 0 aliphatic carbocycles. The molecular weight excluding hydrogens is 218 g/mol. The Morgan fingerprint density at radius 3 is 2.06 bits per heavy atom. The van der Waals surface area contributed by atoms with Crippen LogP contribution in [0.2, 0.25) is 0 Å². The SMILES string of the molecule is Nc1cc(O)ccc1N(N)c1ccc(O)cc1. The average Bonchev–Trinajstić information content (AvgIpc) is 2.29. The Hall–Kier alpha value is -2.40. The van der Waals surface area contributed by atoms with E-state index >= 15 is 0 Å². The van der Waals surface area contributed by atoms with Crippen molar-refractivity contribution in [2.45, 2.75) is 0 Å². The summed E-state index contributed by atoms with van der Waals surface area (Å²) in [7, 11) is 0. The molecule has 0 saturated carbocycles. The number of phenols is 2. The Balaban J connectivity index is 2.36. The zero-order valence-electron chi connectivity index (χ0n) is 9.04. The van der Waals surface area contributed by atoms with Gasteiger partial charge in [0, 0.05) is 6.07 Å². The third-order valence-electron chi connectivity index (χ3n) is 2.40. The van der Waals surface area contributed by atoms with Gasteiger partial charge in [0.25, 0.3) is 0 Å². The number of nitrogens with two attached hydrogens (primary N) is 2. The van der Waals surface area contributed by atoms with E-state index in [-0.39, 0.29) is 11.5 Å². The van der Waals surface area contributed by atoms with Crippen LogP contribution in [0.1, 0.15) is 0 Å². The van der Waals surface area contributed by atoms with Gasteiger partial charge in [-0.05, 0) is 36.4 Å². The maximum Gasteiger partial charge on any atom is 0.117 e. The molecule has 0 fully saturated rings. The Morgan fingerprint density at radius 1 is 0.882 bits per heavy atom. The number of anilines is 3. The number of phenolic OH excluding ortho intramolecular Hbond substituents is 2. The van der Waals surface area contributed by atoms with Crippen molar-refractivity contribution in [3.05, 3.63) is 42.5 Å². The van der Waals surface area contributed by atoms with E-state index in [9.17, 15) is 10.2 Å². The highest BCUT2D eigenvalue weighted by Crippen LogP contribution is 2.30. The van der Waals surface area contributed by atoms with Crippen LogP contribution < -0.4 is 16.6 Å². The van der Waals surface area contributed by atoms with E-state index in [0.29, 0.717) is 17.1 Å². The monoisotopic (exact) mass is 231 g/mol. The first-order chi connectivity index (χ1) is 8.08. The van der Waals surface area contributed by atoms with E-state index in [4.69, 9.17) is 11.6 Å². The summed E-state index contributed by atoms with van der Waals surface area (Å²) in [6, 6.07) is 11.0. The molecule has 0 radical (unpaired) electrons. The number of hydrazine groups is 1. The highest BCUT2D eigenvalue weighted by molar-refractivity contribution is 5.75. The van der Waals surface area contributed by atoms with Gasteiger partial charge in [0.2, 0.25) is 0 Å². The van der Waals surface area contributed by atoms with Crippen molar-refractivity contribution in [2.24, 2.45) is 5.84 Å². The standard InChI is InChI=1S/C12H13N3O2/c13-11-7-10(17)5-6-12(11)15(14)8-1-3-9(16)4-2-8/h1-7,16-17H,13-14H2. The first kappa shape index (κ1) is 11.1. The van der Waals surface area contributed by atoms with Crippen LogP contribution in [0.15, 0.2) is 42.5 Å². The summed E-state index contributed by atoms with van der Waals surface area (Å²) in [5, 5.41) is 19.8. The van der Waals surface area contributed by atoms with Crippen molar-refractivity contribution < 1.29 is 10.2 Å². The van der Waals surface area contributed by atoms with Gasteiger partial charge in [0.1, 0.15) is 11.5 Å². The maximum absolute atomic E-state index is 9.25. The summed E-state index contributed by atoms with van der Waals surface area (Å²) in [6.07, 6.45) is 0. The number of benzene rings is 2. The number of hydrogen-bond acceptors (Lipinski definition) is 5. The molecular formula is C12H13N3O2. The van der Waals surface area contributed by atoms with E-state index in [1.165, 1.54) is 29.3 Å². The van der Waals surface area contributed by atoms with Crippen LogP contribution in [0.4, 0.5) is 17.1 Å². The van der Waals surface area contributed by atoms with Gasteiger partial charge in [-0.2, -0.15) is 0 Å². The van der Waals surface area contributed by atoms with Gasteiger partial charge < -0.3 is 15.9 Å². The van der Waals surface area contributed by atoms with E-state index in [1.807, 2.05) is 0 Å². The molecule has 17 heavy (non-hydrogen) atoms. The lowest BCUT2D eigenvalue weighted by molar-refractivity contribution is 0.475. The minimum Gasteiger partial charge on any atom is -0.508 e. The summed E-state index contributed by atoms with van der Waals surface area (Å²) in [5.41, 5.74) is 7.39. The summed E-state index contributed by atoms with van der Waals surface area (Å²) < 4.78 is 0. The van der Waals surface area contributed by atoms with Crippen molar-refractivity contribution in [2.75, 3.05) is 10.7 Å². The second-order valence-electron chi connectivity index (χ2n) is 3.63. The van der Waals surface area contributed by atoms with Crippen molar-refractivity contribution in [3.8, 4) is 11.5 Å². The summed E-state index contributed by atoms with van der Waals surface area (Å²) in [5.74, 6) is 6.16. The highest BCUT2D eigenvalue weighted by atomic mass is 16.3. The fourth-order valence-electron chi connectivity index (χ4n) is 1.51. The summed E-state index contributed by atoms with van der Waals surface area (Å²) >= 11 is 0. The van der Waals surface area contributed by atoms with Crippen LogP contribution in [0, 0.1) is 0 Å². The smallest absolute Gasteiger partial charge is 0.117 e. The molecule has 0 spiro atoms. The normalized spacial score (nSPS) is 10.2. The molecule has 0 atom stereocenters. The molecule has 0 heterocycles. The van der Waals surface area contributed by atoms with Gasteiger partial charge in [0.05, 0.1) is 17.1 Å². The lowest BCUT2D eigenvalue weighted by Crippen LogP contribution is -2.25. The molecule has 0 aromatic heterocycles. The third-order valence-corrected chi connectivity index (χ3v) is 2.40. The largest absolute Gasteiger partial charge is 0.508 e. The molecule has 6 N–H and O–H groups in total. The Kier molecular flexibility index (Phi) is 2.76. The van der Waals surface area contributed by atoms with Gasteiger partial charge in [-0.1, -0.05) is 0 Å². The number of hydrogen-bond donors (Lipinski definition) is 4. The lowest BCUT2D eigenvalue weighted by Gasteiger charge is -2.20. The molecule has 2 rings (SSSR count). The molecule has 0 bridgehead atoms. The predicted molar refractivity (Wildman–Crippen MR) is 67.0 cm³/mol. The van der Waals surface area contributed by atoms with E-state index in [0.717, 1.165) is 0 Å². The van der Waals surface area contributed by atoms with Crippen LogP contribution >= 0.6 is 0 Å². The van der Waals surface area contributed by atoms with Gasteiger partial charge in [0.15, 0.2) is 0 Å². The molecule has 0 saturated heterocycles. The van der Waals surface area contributed by atoms with Crippen molar-refractivity contribution >= 4 is 17.1 Å². The fraction of sp³-hybridized carbons (Fsp3) is 0. The fourth-order valence-corrected chi connectivity index (χ4v) is 1.51. The molecule has 0 amide bonds. The van der Waals surface area contributed by atoms with Gasteiger partial charge in [-0.3, -0.25) is 5.01 Å². The zero-order valence-corrected chi connectivity index (χ0v) is 9.04. The Morgan fingerprint density at radius 2 is 1.47 bits per heavy atom. The van der Waals surface area contributed by atoms with Crippen molar-refractivity contribution in [1.82, 2.24) is 0 Å². The van der Waals surface area contributed by atoms with Crippen LogP contribution in [0.25, 0.3) is 0 Å². The number of nitrogen functional groups attached to an aromatic ring is 1. The van der Waals surface area contributed by atoms with Crippen LogP contribution in [-0.2, 0) is 0 Å². The van der Waals surface area contributed by atoms with Crippen molar-refractivity contribution in [1.29, 1.82) is 0 Å². The topological polar surface area (TPSA) is 95.7 Å². The Bertz CT molecular complexity index is 526. The molecule has 88 valence electrons. The predicted octanol–water partition coefficient (Wildman–Crippen LogP) is 1.69. The second-order valence-corrected chi connectivity index (χ2v) is 3.63. The Labute approximate surface area is 98.5 Å². The van der Waals surface area contributed by atoms with Crippen LogP contribution in [-0.4, -0.2) is 10.2 Å². The molecule has 0 aliphatic rings. The van der Waals surface area contributed by atoms with Gasteiger partial charge >= 0.3 is 0 Å². The maximum atomic E-state index is 9.25. The van der Waals surface area contributed by atoms with Gasteiger partial charge in [-0.15, -0.1) is 0 Å². The number of nitrogens with zero attached hydrogens (tertiary/aromatic N) is 1. The number of rotatable bonds is 2. The first-order valence-electron chi connectivity index (χ1n) is 5.00. The second kappa shape index (κ2) is 4.23. The van der Waals surface area contributed by atoms with E-state index < -0.39 is 0 Å². The van der Waals surface area contributed by atoms with Gasteiger partial charge in [-0.25, -0.2) is 5.84 Å². The third kappa shape index (κ3) is 2.24. The molecule has 2 aromatic carbocycles. The minimum absolute atomic E-state index is 0.0883. The molecule has 2 aromatic rings. The minimum atomic E-state index is 0.0883. The summed E-state index contributed by atoms with van der Waals surface area (Å²) in [4.78, 5) is 0. The van der Waals surface area contributed by atoms with Crippen molar-refractivity contribution in [3.63, 3.8) is 0 Å². The quantitative estimate of drug-likeness (QED) is 0.358. The van der Waals surface area contributed by atoms with E-state index in [2.05, 4.69) is 0 Å². The highest BCUT2D eigenvalue weighted by Gasteiger charge is 2.08. The van der Waals surface area contributed by atoms with Crippen LogP contribution in [0.5, 0.6) is 11.5 Å². The summed E-state index contributed by atoms with van der Waals surface area (Å²) in [6.45, 7) is 0. The average molecular weight is 231 g/mol. The van der Waals surface area contributed by atoms with E-state index in [1.54, 1.807) is 18.2 Å². The molecule has 0 unspecified atom stereocenters. The molecule has 5 nitrogen and oxygen atoms in total. The lowest BCUT2D eigenvalue weighted by atomic mass is 10.2. The zero-order chi connectivity index (χ0) is 12.4. The number of aromatic hydroxyl groups is 2. The first-order valence-corrected chi connectivity index (χ1v) is 5.00. The van der Waals surface area contributed by atoms with Crippen LogP contribution in [0.3, 0.4) is 0 Å². The molecule has 5 heteroatoms. The molecule has 0 aliphatic heterocycles.